The van der Waals surface area contributed by atoms with Gasteiger partial charge in [0.25, 0.3) is 0 Å². The summed E-state index contributed by atoms with van der Waals surface area (Å²) >= 11 is 0. The van der Waals surface area contributed by atoms with Crippen molar-refractivity contribution in [2.24, 2.45) is 11.1 Å². The molecule has 1 aromatic rings. The van der Waals surface area contributed by atoms with Gasteiger partial charge in [0.15, 0.2) is 0 Å². The van der Waals surface area contributed by atoms with Gasteiger partial charge in [0.2, 0.25) is 0 Å². The Hall–Kier alpha value is -1.62. The Morgan fingerprint density at radius 2 is 2.00 bits per heavy atom. The first kappa shape index (κ1) is 16.2. The van der Waals surface area contributed by atoms with Crippen LogP contribution in [0.1, 0.15) is 50.8 Å². The van der Waals surface area contributed by atoms with Crippen LogP contribution in [0, 0.1) is 11.2 Å². The Morgan fingerprint density at radius 1 is 1.35 bits per heavy atom. The molecule has 1 amide bonds. The predicted octanol–water partition coefficient (Wildman–Crippen LogP) is 3.40. The number of carbonyl (C=O) groups excluding carboxylic acids is 1. The number of benzene rings is 1. The monoisotopic (exact) mass is 320 g/mol. The summed E-state index contributed by atoms with van der Waals surface area (Å²) in [6.45, 7) is 6.81. The van der Waals surface area contributed by atoms with Gasteiger partial charge in [-0.2, -0.15) is 0 Å². The minimum Gasteiger partial charge on any atom is -0.444 e. The van der Waals surface area contributed by atoms with Crippen LogP contribution in [0.3, 0.4) is 0 Å². The number of amides is 1. The third-order valence-electron chi connectivity index (χ3n) is 5.09. The number of likely N-dealkylation sites (tertiary alicyclic amines) is 1. The molecule has 1 aromatic carbocycles. The summed E-state index contributed by atoms with van der Waals surface area (Å²) in [5, 5.41) is 0. The van der Waals surface area contributed by atoms with Gasteiger partial charge in [0.05, 0.1) is 0 Å². The third kappa shape index (κ3) is 2.94. The van der Waals surface area contributed by atoms with Crippen molar-refractivity contribution in [1.29, 1.82) is 0 Å². The van der Waals surface area contributed by atoms with Gasteiger partial charge in [-0.15, -0.1) is 0 Å². The summed E-state index contributed by atoms with van der Waals surface area (Å²) in [6.07, 6.45) is 1.95. The molecule has 126 valence electrons. The molecule has 0 unspecified atom stereocenters. The van der Waals surface area contributed by atoms with Crippen LogP contribution in [0.4, 0.5) is 9.18 Å². The topological polar surface area (TPSA) is 55.6 Å². The fourth-order valence-corrected chi connectivity index (χ4v) is 3.79. The first-order valence-corrected chi connectivity index (χ1v) is 8.23. The number of piperidine rings is 1. The van der Waals surface area contributed by atoms with Crippen LogP contribution in [0.25, 0.3) is 0 Å². The highest BCUT2D eigenvalue weighted by molar-refractivity contribution is 5.68. The molecular weight excluding hydrogens is 295 g/mol. The van der Waals surface area contributed by atoms with Gasteiger partial charge in [-0.1, -0.05) is 12.1 Å². The van der Waals surface area contributed by atoms with Gasteiger partial charge in [-0.25, -0.2) is 9.18 Å². The van der Waals surface area contributed by atoms with Crippen LogP contribution >= 0.6 is 0 Å². The molecule has 0 radical (unpaired) electrons. The van der Waals surface area contributed by atoms with Crippen molar-refractivity contribution in [3.63, 3.8) is 0 Å². The van der Waals surface area contributed by atoms with Crippen LogP contribution in [0.15, 0.2) is 18.2 Å². The minimum absolute atomic E-state index is 0.136. The minimum atomic E-state index is -0.491. The van der Waals surface area contributed by atoms with Crippen LogP contribution < -0.4 is 5.73 Å². The van der Waals surface area contributed by atoms with E-state index in [9.17, 15) is 9.18 Å². The number of nitrogens with two attached hydrogens (primary N) is 1. The van der Waals surface area contributed by atoms with Crippen LogP contribution in [-0.4, -0.2) is 29.7 Å². The number of halogens is 1. The van der Waals surface area contributed by atoms with Crippen molar-refractivity contribution in [1.82, 2.24) is 4.90 Å². The van der Waals surface area contributed by atoms with E-state index in [4.69, 9.17) is 10.5 Å². The molecule has 1 spiro atoms. The zero-order valence-corrected chi connectivity index (χ0v) is 14.1. The lowest BCUT2D eigenvalue weighted by molar-refractivity contribution is 0.00792. The molecule has 1 saturated heterocycles. The number of rotatable bonds is 0. The molecular formula is C18H25FN2O2. The number of ether oxygens (including phenoxy) is 1. The summed E-state index contributed by atoms with van der Waals surface area (Å²) < 4.78 is 19.5. The number of carbonyl (C=O) groups is 1. The second kappa shape index (κ2) is 5.48. The quantitative estimate of drug-likeness (QED) is 0.797. The SMILES string of the molecule is CC(C)(C)OC(=O)N1CCC2(CC1)Cc1c(F)cccc1[C@H]2N. The zero-order valence-electron chi connectivity index (χ0n) is 14.1. The van der Waals surface area contributed by atoms with Crippen molar-refractivity contribution < 1.29 is 13.9 Å². The zero-order chi connectivity index (χ0) is 16.8. The van der Waals surface area contributed by atoms with E-state index in [-0.39, 0.29) is 23.4 Å². The highest BCUT2D eigenvalue weighted by atomic mass is 19.1. The molecule has 0 bridgehead atoms. The molecule has 4 nitrogen and oxygen atoms in total. The van der Waals surface area contributed by atoms with Crippen molar-refractivity contribution in [2.45, 2.75) is 51.7 Å². The molecule has 23 heavy (non-hydrogen) atoms. The molecule has 0 saturated carbocycles. The van der Waals surface area contributed by atoms with Gasteiger partial charge in [-0.05, 0) is 62.6 Å². The molecule has 1 heterocycles. The Balaban J connectivity index is 1.70. The van der Waals surface area contributed by atoms with E-state index in [1.807, 2.05) is 26.8 Å². The Kier molecular flexibility index (Phi) is 3.87. The Labute approximate surface area is 136 Å². The average molecular weight is 320 g/mol. The van der Waals surface area contributed by atoms with E-state index in [1.165, 1.54) is 6.07 Å². The summed E-state index contributed by atoms with van der Waals surface area (Å²) in [5.41, 5.74) is 7.50. The maximum atomic E-state index is 14.1. The molecule has 1 aliphatic heterocycles. The fraction of sp³-hybridized carbons (Fsp3) is 0.611. The lowest BCUT2D eigenvalue weighted by Gasteiger charge is -2.42. The molecule has 3 rings (SSSR count). The molecule has 0 aromatic heterocycles. The van der Waals surface area contributed by atoms with Crippen LogP contribution in [0.5, 0.6) is 0 Å². The first-order chi connectivity index (χ1) is 10.7. The Bertz CT molecular complexity index is 616. The second-order valence-corrected chi connectivity index (χ2v) is 7.79. The van der Waals surface area contributed by atoms with E-state index in [1.54, 1.807) is 11.0 Å². The summed E-state index contributed by atoms with van der Waals surface area (Å²) in [4.78, 5) is 13.9. The van der Waals surface area contributed by atoms with Crippen molar-refractivity contribution >= 4 is 6.09 Å². The predicted molar refractivity (Wildman–Crippen MR) is 86.5 cm³/mol. The van der Waals surface area contributed by atoms with E-state index in [0.29, 0.717) is 19.5 Å². The smallest absolute Gasteiger partial charge is 0.410 e. The van der Waals surface area contributed by atoms with E-state index < -0.39 is 5.60 Å². The number of hydrogen-bond acceptors (Lipinski definition) is 3. The number of hydrogen-bond donors (Lipinski definition) is 1. The summed E-state index contributed by atoms with van der Waals surface area (Å²) in [6, 6.07) is 5.00. The second-order valence-electron chi connectivity index (χ2n) is 7.79. The van der Waals surface area contributed by atoms with Crippen molar-refractivity contribution in [3.05, 3.63) is 35.1 Å². The molecule has 2 N–H and O–H groups in total. The normalized spacial score (nSPS) is 23.0. The van der Waals surface area contributed by atoms with Gasteiger partial charge in [0, 0.05) is 19.1 Å². The molecule has 5 heteroatoms. The Morgan fingerprint density at radius 3 is 2.57 bits per heavy atom. The van der Waals surface area contributed by atoms with Crippen LogP contribution in [0.2, 0.25) is 0 Å². The highest BCUT2D eigenvalue weighted by Gasteiger charge is 2.47. The van der Waals surface area contributed by atoms with Crippen molar-refractivity contribution in [3.8, 4) is 0 Å². The largest absolute Gasteiger partial charge is 0.444 e. The first-order valence-electron chi connectivity index (χ1n) is 8.23. The standard InChI is InChI=1S/C18H25FN2O2/c1-17(2,3)23-16(22)21-9-7-18(8-10-21)11-13-12(15(18)20)5-4-6-14(13)19/h4-6,15H,7-11,20H2,1-3H3/t15-/m1/s1. The van der Waals surface area contributed by atoms with Crippen LogP contribution in [-0.2, 0) is 11.2 Å². The molecule has 1 aliphatic carbocycles. The maximum absolute atomic E-state index is 14.1. The lowest BCUT2D eigenvalue weighted by Crippen LogP contribution is -2.47. The average Bonchev–Trinajstić information content (AvgIpc) is 2.73. The third-order valence-corrected chi connectivity index (χ3v) is 5.09. The lowest BCUT2D eigenvalue weighted by atomic mass is 9.73. The maximum Gasteiger partial charge on any atom is 0.410 e. The fourth-order valence-electron chi connectivity index (χ4n) is 3.79. The van der Waals surface area contributed by atoms with Gasteiger partial charge in [-0.3, -0.25) is 0 Å². The van der Waals surface area contributed by atoms with Crippen molar-refractivity contribution in [2.75, 3.05) is 13.1 Å². The van der Waals surface area contributed by atoms with Gasteiger partial charge >= 0.3 is 6.09 Å². The number of nitrogens with zero attached hydrogens (tertiary/aromatic N) is 1. The van der Waals surface area contributed by atoms with E-state index in [0.717, 1.165) is 24.0 Å². The summed E-state index contributed by atoms with van der Waals surface area (Å²) in [5.74, 6) is -0.163. The highest BCUT2D eigenvalue weighted by Crippen LogP contribution is 2.51. The molecule has 1 atom stereocenters. The van der Waals surface area contributed by atoms with E-state index in [2.05, 4.69) is 0 Å². The van der Waals surface area contributed by atoms with Gasteiger partial charge in [0.1, 0.15) is 11.4 Å². The summed E-state index contributed by atoms with van der Waals surface area (Å²) in [7, 11) is 0. The van der Waals surface area contributed by atoms with E-state index >= 15 is 0 Å². The van der Waals surface area contributed by atoms with Gasteiger partial charge < -0.3 is 15.4 Å². The number of fused-ring (bicyclic) bond motifs is 1. The molecule has 1 fully saturated rings. The molecule has 2 aliphatic rings.